The van der Waals surface area contributed by atoms with E-state index in [1.807, 2.05) is 0 Å². The minimum atomic E-state index is -4.42. The summed E-state index contributed by atoms with van der Waals surface area (Å²) < 4.78 is 33.2. The number of nitrogens with two attached hydrogens (primary N) is 1. The molecule has 101 heavy (non-hydrogen) atoms. The van der Waals surface area contributed by atoms with Crippen molar-refractivity contribution in [3.63, 3.8) is 0 Å². The van der Waals surface area contributed by atoms with Crippen molar-refractivity contribution in [2.24, 2.45) is 5.73 Å². The third-order valence-electron chi connectivity index (χ3n) is 16.0. The highest BCUT2D eigenvalue weighted by atomic mass is 31.2. The van der Waals surface area contributed by atoms with Gasteiger partial charge in [0.1, 0.15) is 6.61 Å². The molecule has 9 nitrogen and oxygen atoms in total. The summed E-state index contributed by atoms with van der Waals surface area (Å²) in [6.45, 7) is 3.48. The van der Waals surface area contributed by atoms with E-state index in [1.165, 1.54) is 83.5 Å². The quantitative estimate of drug-likeness (QED) is 0.0264. The fourth-order valence-corrected chi connectivity index (χ4v) is 11.0. The van der Waals surface area contributed by atoms with E-state index in [9.17, 15) is 19.0 Å². The molecule has 0 aliphatic heterocycles. The van der Waals surface area contributed by atoms with Crippen LogP contribution in [0.25, 0.3) is 0 Å². The molecule has 0 rings (SSSR count). The molecule has 0 aromatic rings. The maximum Gasteiger partial charge on any atom is 0.472 e. The number of phosphoric ester groups is 1. The normalized spacial score (nSPS) is 14.1. The third kappa shape index (κ3) is 82.9. The number of phosphoric acid groups is 1. The molecule has 0 spiro atoms. The molecule has 0 aliphatic rings. The first-order valence-corrected chi connectivity index (χ1v) is 41.4. The number of unbranched alkanes of at least 4 members (excludes halogenated alkanes) is 21. The van der Waals surface area contributed by atoms with Crippen LogP contribution in [0.15, 0.2) is 231 Å². The lowest BCUT2D eigenvalue weighted by atomic mass is 10.0. The summed E-state index contributed by atoms with van der Waals surface area (Å²) in [5.41, 5.74) is 5.41. The highest BCUT2D eigenvalue weighted by Gasteiger charge is 2.26. The van der Waals surface area contributed by atoms with E-state index in [2.05, 4.69) is 245 Å². The fraction of sp³-hybridized carbons (Fsp3) is 0.560. The Morgan fingerprint density at radius 2 is 0.515 bits per heavy atom. The van der Waals surface area contributed by atoms with Gasteiger partial charge in [-0.05, 0) is 161 Å². The number of allylic oxidation sites excluding steroid dienone is 38. The molecule has 2 unspecified atom stereocenters. The molecule has 0 heterocycles. The molecule has 10 heteroatoms. The van der Waals surface area contributed by atoms with Crippen LogP contribution < -0.4 is 5.73 Å². The average Bonchev–Trinajstić information content (AvgIpc) is 1.01. The molecule has 0 fully saturated rings. The second kappa shape index (κ2) is 83.0. The predicted molar refractivity (Wildman–Crippen MR) is 440 cm³/mol. The Hall–Kier alpha value is -5.93. The van der Waals surface area contributed by atoms with E-state index in [-0.39, 0.29) is 32.6 Å². The average molecular weight is 1410 g/mol. The van der Waals surface area contributed by atoms with Gasteiger partial charge < -0.3 is 20.1 Å². The zero-order chi connectivity index (χ0) is 72.9. The van der Waals surface area contributed by atoms with Crippen molar-refractivity contribution in [1.82, 2.24) is 0 Å². The lowest BCUT2D eigenvalue weighted by Gasteiger charge is -2.19. The van der Waals surface area contributed by atoms with Gasteiger partial charge in [-0.25, -0.2) is 4.57 Å². The van der Waals surface area contributed by atoms with E-state index in [1.54, 1.807) is 0 Å². The first-order valence-electron chi connectivity index (χ1n) is 39.9. The van der Waals surface area contributed by atoms with Gasteiger partial charge in [0.25, 0.3) is 0 Å². The van der Waals surface area contributed by atoms with Crippen LogP contribution in [0.2, 0.25) is 0 Å². The Labute approximate surface area is 619 Å². The fourth-order valence-electron chi connectivity index (χ4n) is 10.2. The summed E-state index contributed by atoms with van der Waals surface area (Å²) in [6.07, 6.45) is 130. The van der Waals surface area contributed by atoms with Crippen LogP contribution in [0.5, 0.6) is 0 Å². The first kappa shape index (κ1) is 95.1. The third-order valence-corrected chi connectivity index (χ3v) is 17.0. The summed E-state index contributed by atoms with van der Waals surface area (Å²) >= 11 is 0. The van der Waals surface area contributed by atoms with Crippen LogP contribution in [-0.4, -0.2) is 49.3 Å². The number of carbonyl (C=O) groups excluding carboxylic acids is 2. The van der Waals surface area contributed by atoms with Crippen molar-refractivity contribution in [3.8, 4) is 0 Å². The first-order chi connectivity index (χ1) is 49.8. The number of ether oxygens (including phenoxy) is 2. The van der Waals surface area contributed by atoms with Crippen molar-refractivity contribution >= 4 is 19.8 Å². The van der Waals surface area contributed by atoms with E-state index >= 15 is 0 Å². The number of esters is 2. The summed E-state index contributed by atoms with van der Waals surface area (Å²) in [5.74, 6) is -0.859. The van der Waals surface area contributed by atoms with Crippen molar-refractivity contribution in [1.29, 1.82) is 0 Å². The van der Waals surface area contributed by atoms with Gasteiger partial charge in [0, 0.05) is 19.4 Å². The van der Waals surface area contributed by atoms with Crippen LogP contribution in [0.4, 0.5) is 0 Å². The van der Waals surface area contributed by atoms with Crippen LogP contribution in [-0.2, 0) is 32.7 Å². The van der Waals surface area contributed by atoms with Crippen molar-refractivity contribution < 1.29 is 37.6 Å². The Morgan fingerprint density at radius 1 is 0.297 bits per heavy atom. The molecule has 0 saturated heterocycles. The highest BCUT2D eigenvalue weighted by Crippen LogP contribution is 2.43. The van der Waals surface area contributed by atoms with Crippen LogP contribution in [0, 0.1) is 0 Å². The molecule has 566 valence electrons. The minimum Gasteiger partial charge on any atom is -0.462 e. The summed E-state index contributed by atoms with van der Waals surface area (Å²) in [4.78, 5) is 35.5. The second-order valence-corrected chi connectivity index (χ2v) is 26.9. The SMILES string of the molecule is CC/C=C\C/C=C\C/C=C\C/C=C\C/C=C\C/C=C\C/C=C\C/C=C\C/C=C\C/C=C\C/C=C\CCCCCCCC(=O)OC(COC(=O)CCCCCCCCCCCCCCCCCC/C=C\C/C=C\C/C=C\C/C=C\C/C=C\C/C=C\C/C=C\C/C=C\CC)COP(=O)(O)OCCN. The molecule has 0 aliphatic carbocycles. The molecule has 0 saturated carbocycles. The molecular formula is C91H144NO8P. The standard InChI is InChI=1S/C91H144NO8P/c1-3-5-7-9-11-13-15-17-19-21-23-25-27-29-31-33-35-37-39-41-43-44-46-47-49-51-53-55-57-59-61-63-65-67-69-71-73-75-77-79-81-83-90(93)97-87-89(88-99-101(95,96)98-86-85-92)100-91(94)84-82-80-78-76-74-72-70-68-66-64-62-60-58-56-54-52-50-48-45-42-40-38-36-34-32-30-28-26-24-22-20-18-16-14-12-10-8-6-4-2/h5-8,11-14,17-20,23-26,29-32,35-38,41-43,45-47,50,52,56,58,62,64,68,70,89H,3-4,9-10,15-16,21-22,27-28,33-34,39-40,44,48-49,51,53-55,57,59-61,63,65-67,69,71-88,92H2,1-2H3,(H,95,96)/b7-5-,8-6-,13-11-,14-12-,19-17-,20-18-,25-23-,26-24-,31-29-,32-30-,37-35-,38-36-,43-41-,45-42-,47-46-,52-50-,58-56-,64-62-,70-68-. The van der Waals surface area contributed by atoms with Gasteiger partial charge in [-0.15, -0.1) is 0 Å². The molecule has 0 amide bonds. The Bertz CT molecular complexity index is 2520. The zero-order valence-electron chi connectivity index (χ0n) is 63.8. The van der Waals surface area contributed by atoms with E-state index in [4.69, 9.17) is 24.3 Å². The van der Waals surface area contributed by atoms with Crippen LogP contribution in [0.3, 0.4) is 0 Å². The summed E-state index contributed by atoms with van der Waals surface area (Å²) in [7, 11) is -4.42. The summed E-state index contributed by atoms with van der Waals surface area (Å²) in [6, 6.07) is 0. The number of carbonyl (C=O) groups is 2. The van der Waals surface area contributed by atoms with Gasteiger partial charge in [0.05, 0.1) is 13.2 Å². The monoisotopic (exact) mass is 1410 g/mol. The second-order valence-electron chi connectivity index (χ2n) is 25.5. The van der Waals surface area contributed by atoms with E-state index < -0.39 is 32.5 Å². The van der Waals surface area contributed by atoms with Crippen LogP contribution in [0.1, 0.15) is 296 Å². The summed E-state index contributed by atoms with van der Waals surface area (Å²) in [5, 5.41) is 0. The molecule has 2 atom stereocenters. The highest BCUT2D eigenvalue weighted by molar-refractivity contribution is 7.47. The van der Waals surface area contributed by atoms with Gasteiger partial charge in [-0.2, -0.15) is 0 Å². The van der Waals surface area contributed by atoms with Crippen LogP contribution >= 0.6 is 7.82 Å². The van der Waals surface area contributed by atoms with Gasteiger partial charge >= 0.3 is 19.8 Å². The Balaban J connectivity index is 3.96. The van der Waals surface area contributed by atoms with Crippen molar-refractivity contribution in [2.45, 2.75) is 302 Å². The van der Waals surface area contributed by atoms with E-state index in [0.29, 0.717) is 6.42 Å². The lowest BCUT2D eigenvalue weighted by molar-refractivity contribution is -0.161. The lowest BCUT2D eigenvalue weighted by Crippen LogP contribution is -2.29. The maximum atomic E-state index is 12.8. The smallest absolute Gasteiger partial charge is 0.462 e. The number of hydrogen-bond donors (Lipinski definition) is 2. The Morgan fingerprint density at radius 3 is 0.762 bits per heavy atom. The minimum absolute atomic E-state index is 0.0396. The van der Waals surface area contributed by atoms with Gasteiger partial charge in [0.15, 0.2) is 6.10 Å². The van der Waals surface area contributed by atoms with Gasteiger partial charge in [0.2, 0.25) is 0 Å². The predicted octanol–water partition coefficient (Wildman–Crippen LogP) is 27.3. The largest absolute Gasteiger partial charge is 0.472 e. The molecule has 0 radical (unpaired) electrons. The Kier molecular flexibility index (Phi) is 78.1. The number of hydrogen-bond acceptors (Lipinski definition) is 8. The topological polar surface area (TPSA) is 134 Å². The maximum absolute atomic E-state index is 12.8. The van der Waals surface area contributed by atoms with Crippen molar-refractivity contribution in [2.75, 3.05) is 26.4 Å². The molecule has 0 aromatic carbocycles. The molecule has 0 bridgehead atoms. The zero-order valence-corrected chi connectivity index (χ0v) is 64.7. The molecule has 3 N–H and O–H groups in total. The van der Waals surface area contributed by atoms with Crippen molar-refractivity contribution in [3.05, 3.63) is 231 Å². The van der Waals surface area contributed by atoms with Gasteiger partial charge in [-0.3, -0.25) is 18.6 Å². The van der Waals surface area contributed by atoms with Gasteiger partial charge in [-0.1, -0.05) is 354 Å². The molecular weight excluding hydrogens is 1270 g/mol. The number of rotatable bonds is 72. The van der Waals surface area contributed by atoms with E-state index in [0.717, 1.165) is 180 Å². The molecule has 0 aromatic heterocycles.